The molecule has 2 aliphatic heterocycles. The summed E-state index contributed by atoms with van der Waals surface area (Å²) in [7, 11) is 0. The highest BCUT2D eigenvalue weighted by atomic mass is 16.6. The van der Waals surface area contributed by atoms with Crippen LogP contribution in [0, 0.1) is 0 Å². The van der Waals surface area contributed by atoms with E-state index in [2.05, 4.69) is 0 Å². The number of fused-ring (bicyclic) bond motifs is 6. The summed E-state index contributed by atoms with van der Waals surface area (Å²) in [6, 6.07) is 15.1. The molecule has 0 radical (unpaired) electrons. The van der Waals surface area contributed by atoms with E-state index in [0.29, 0.717) is 22.3 Å². The van der Waals surface area contributed by atoms with E-state index >= 15 is 0 Å². The summed E-state index contributed by atoms with van der Waals surface area (Å²) >= 11 is 0. The van der Waals surface area contributed by atoms with Crippen molar-refractivity contribution in [1.82, 2.24) is 0 Å². The number of carbonyl (C=O) groups excluding carboxylic acids is 2. The number of nitrogens with two attached hydrogens (primary N) is 1. The minimum atomic E-state index is -1.30. The molecule has 3 aromatic rings. The van der Waals surface area contributed by atoms with Crippen LogP contribution < -0.4 is 15.2 Å². The van der Waals surface area contributed by atoms with E-state index in [1.165, 1.54) is 18.2 Å². The predicted molar refractivity (Wildman–Crippen MR) is 117 cm³/mol. The van der Waals surface area contributed by atoms with Crippen LogP contribution in [0.4, 0.5) is 0 Å². The van der Waals surface area contributed by atoms with Crippen molar-refractivity contribution in [2.45, 2.75) is 24.5 Å². The third kappa shape index (κ3) is 3.34. The maximum atomic E-state index is 12.8. The summed E-state index contributed by atoms with van der Waals surface area (Å²) in [5.74, 6) is -1.67. The second kappa shape index (κ2) is 7.89. The molecule has 2 unspecified atom stereocenters. The first-order valence-electron chi connectivity index (χ1n) is 10.5. The maximum absolute atomic E-state index is 12.8. The number of benzene rings is 3. The molecule has 0 fully saturated rings. The van der Waals surface area contributed by atoms with Crippen LogP contribution in [-0.4, -0.2) is 34.2 Å². The second-order valence-corrected chi connectivity index (χ2v) is 8.01. The highest BCUT2D eigenvalue weighted by Crippen LogP contribution is 2.56. The Labute approximate surface area is 193 Å². The standard InChI is InChI=1S/C25H19NO8/c26-19(23(29)30)9-10-22(28)32-14-6-8-18-21(12-14)33-20-11-13(27)5-7-17(20)25(18)16-4-2-1-3-15(16)24(31)34-25/h1-8,11-12,19,27H,9-10,26H2,(H,29,30). The Kier molecular flexibility index (Phi) is 4.98. The molecular weight excluding hydrogens is 442 g/mol. The van der Waals surface area contributed by atoms with Gasteiger partial charge in [-0.1, -0.05) is 18.2 Å². The molecule has 172 valence electrons. The minimum absolute atomic E-state index is 0.0349. The topological polar surface area (TPSA) is 145 Å². The number of esters is 2. The van der Waals surface area contributed by atoms with Crippen molar-refractivity contribution in [2.75, 3.05) is 0 Å². The number of phenols is 1. The number of phenolic OH excluding ortho intramolecular Hbond substituents is 1. The molecule has 1 spiro atoms. The quantitative estimate of drug-likeness (QED) is 0.385. The monoisotopic (exact) mass is 461 g/mol. The molecule has 9 nitrogen and oxygen atoms in total. The minimum Gasteiger partial charge on any atom is -0.508 e. The zero-order chi connectivity index (χ0) is 24.0. The van der Waals surface area contributed by atoms with E-state index in [-0.39, 0.29) is 35.8 Å². The van der Waals surface area contributed by atoms with E-state index in [4.69, 9.17) is 25.1 Å². The van der Waals surface area contributed by atoms with Crippen molar-refractivity contribution >= 4 is 17.9 Å². The van der Waals surface area contributed by atoms with Crippen LogP contribution in [0.15, 0.2) is 60.7 Å². The fourth-order valence-corrected chi connectivity index (χ4v) is 4.29. The molecule has 4 N–H and O–H groups in total. The molecule has 5 rings (SSSR count). The van der Waals surface area contributed by atoms with Crippen molar-refractivity contribution in [3.05, 3.63) is 82.9 Å². The van der Waals surface area contributed by atoms with Gasteiger partial charge in [0.2, 0.25) is 0 Å². The van der Waals surface area contributed by atoms with Gasteiger partial charge in [-0.15, -0.1) is 0 Å². The molecule has 0 amide bonds. The lowest BCUT2D eigenvalue weighted by atomic mass is 9.77. The van der Waals surface area contributed by atoms with Gasteiger partial charge in [0.25, 0.3) is 0 Å². The van der Waals surface area contributed by atoms with Crippen molar-refractivity contribution < 1.29 is 38.8 Å². The number of aliphatic carboxylic acids is 1. The van der Waals surface area contributed by atoms with Gasteiger partial charge in [-0.25, -0.2) is 4.79 Å². The summed E-state index contributed by atoms with van der Waals surface area (Å²) in [5, 5.41) is 18.9. The van der Waals surface area contributed by atoms with E-state index in [1.54, 1.807) is 42.5 Å². The third-order valence-electron chi connectivity index (χ3n) is 5.88. The first-order chi connectivity index (χ1) is 16.3. The fourth-order valence-electron chi connectivity index (χ4n) is 4.29. The lowest BCUT2D eigenvalue weighted by Gasteiger charge is -2.36. The smallest absolute Gasteiger partial charge is 0.340 e. The van der Waals surface area contributed by atoms with Crippen molar-refractivity contribution in [3.8, 4) is 23.0 Å². The largest absolute Gasteiger partial charge is 0.508 e. The Bertz CT molecular complexity index is 1350. The molecule has 2 atom stereocenters. The van der Waals surface area contributed by atoms with Gasteiger partial charge in [0.15, 0.2) is 5.60 Å². The molecule has 34 heavy (non-hydrogen) atoms. The summed E-state index contributed by atoms with van der Waals surface area (Å²) in [6.45, 7) is 0. The fraction of sp³-hybridized carbons (Fsp3) is 0.160. The number of carbonyl (C=O) groups is 3. The van der Waals surface area contributed by atoms with E-state index in [9.17, 15) is 19.5 Å². The molecular formula is C25H19NO8. The van der Waals surface area contributed by atoms with Gasteiger partial charge in [0.05, 0.1) is 5.56 Å². The van der Waals surface area contributed by atoms with Crippen LogP contribution >= 0.6 is 0 Å². The molecule has 0 bridgehead atoms. The number of carboxylic acids is 1. The SMILES string of the molecule is NC(CCC(=O)Oc1ccc2c(c1)Oc1cc(O)ccc1C21OC(=O)c2ccccc21)C(=O)O. The number of aromatic hydroxyl groups is 1. The highest BCUT2D eigenvalue weighted by molar-refractivity contribution is 5.97. The molecule has 0 aromatic heterocycles. The van der Waals surface area contributed by atoms with E-state index in [1.807, 2.05) is 0 Å². The Morgan fingerprint density at radius 3 is 2.47 bits per heavy atom. The van der Waals surface area contributed by atoms with Crippen molar-refractivity contribution in [3.63, 3.8) is 0 Å². The summed E-state index contributed by atoms with van der Waals surface area (Å²) in [5.41, 5.74) is 6.24. The Morgan fingerprint density at radius 1 is 1.00 bits per heavy atom. The van der Waals surface area contributed by atoms with Crippen LogP contribution in [0.1, 0.15) is 39.9 Å². The van der Waals surface area contributed by atoms with Gasteiger partial charge >= 0.3 is 17.9 Å². The summed E-state index contributed by atoms with van der Waals surface area (Å²) in [4.78, 5) is 35.8. The van der Waals surface area contributed by atoms with Gasteiger partial charge in [-0.05, 0) is 36.8 Å². The van der Waals surface area contributed by atoms with Gasteiger partial charge in [-0.2, -0.15) is 0 Å². The van der Waals surface area contributed by atoms with Crippen LogP contribution in [0.5, 0.6) is 23.0 Å². The van der Waals surface area contributed by atoms with Gasteiger partial charge in [-0.3, -0.25) is 9.59 Å². The van der Waals surface area contributed by atoms with Gasteiger partial charge in [0, 0.05) is 35.2 Å². The predicted octanol–water partition coefficient (Wildman–Crippen LogP) is 3.06. The van der Waals surface area contributed by atoms with E-state index in [0.717, 1.165) is 0 Å². The molecule has 9 heteroatoms. The number of ether oxygens (including phenoxy) is 3. The first kappa shape index (κ1) is 21.5. The Balaban J connectivity index is 1.54. The average Bonchev–Trinajstić information content (AvgIpc) is 3.10. The van der Waals surface area contributed by atoms with Crippen LogP contribution in [0.25, 0.3) is 0 Å². The number of hydrogen-bond acceptors (Lipinski definition) is 8. The van der Waals surface area contributed by atoms with Crippen LogP contribution in [-0.2, 0) is 19.9 Å². The van der Waals surface area contributed by atoms with Gasteiger partial charge in [0.1, 0.15) is 29.0 Å². The molecule has 2 aliphatic rings. The first-order valence-corrected chi connectivity index (χ1v) is 10.5. The lowest BCUT2D eigenvalue weighted by Crippen LogP contribution is -2.33. The van der Waals surface area contributed by atoms with Gasteiger partial charge < -0.3 is 30.2 Å². The number of hydrogen-bond donors (Lipinski definition) is 3. The zero-order valence-corrected chi connectivity index (χ0v) is 17.7. The molecule has 0 aliphatic carbocycles. The Hall–Kier alpha value is -4.37. The molecule has 2 heterocycles. The average molecular weight is 461 g/mol. The van der Waals surface area contributed by atoms with Crippen LogP contribution in [0.3, 0.4) is 0 Å². The molecule has 0 saturated carbocycles. The normalized spacial score (nSPS) is 18.2. The number of carboxylic acid groups (broad SMARTS) is 1. The zero-order valence-electron chi connectivity index (χ0n) is 17.7. The number of rotatable bonds is 5. The van der Waals surface area contributed by atoms with Crippen molar-refractivity contribution in [2.24, 2.45) is 5.73 Å². The lowest BCUT2D eigenvalue weighted by molar-refractivity contribution is -0.139. The van der Waals surface area contributed by atoms with Crippen LogP contribution in [0.2, 0.25) is 0 Å². The highest BCUT2D eigenvalue weighted by Gasteiger charge is 2.53. The maximum Gasteiger partial charge on any atom is 0.340 e. The summed E-state index contributed by atoms with van der Waals surface area (Å²) < 4.78 is 17.3. The second-order valence-electron chi connectivity index (χ2n) is 8.01. The third-order valence-corrected chi connectivity index (χ3v) is 5.88. The van der Waals surface area contributed by atoms with E-state index < -0.39 is 29.6 Å². The van der Waals surface area contributed by atoms with Crippen molar-refractivity contribution in [1.29, 1.82) is 0 Å². The summed E-state index contributed by atoms with van der Waals surface area (Å²) in [6.07, 6.45) is -0.255. The Morgan fingerprint density at radius 2 is 1.71 bits per heavy atom. The molecule has 3 aromatic carbocycles. The molecule has 0 saturated heterocycles.